The van der Waals surface area contributed by atoms with E-state index in [1.807, 2.05) is 26.0 Å². The van der Waals surface area contributed by atoms with Gasteiger partial charge in [-0.3, -0.25) is 14.9 Å². The van der Waals surface area contributed by atoms with Gasteiger partial charge in [-0.05, 0) is 79.6 Å². The maximum atomic E-state index is 13.2. The summed E-state index contributed by atoms with van der Waals surface area (Å²) in [5.74, 6) is 0.0790. The molecule has 9 heteroatoms. The van der Waals surface area contributed by atoms with Crippen molar-refractivity contribution in [3.8, 4) is 17.2 Å². The van der Waals surface area contributed by atoms with Gasteiger partial charge >= 0.3 is 6.03 Å². The molecule has 0 aromatic heterocycles. The van der Waals surface area contributed by atoms with Crippen molar-refractivity contribution < 1.29 is 28.6 Å². The molecule has 4 amide bonds. The first-order chi connectivity index (χ1) is 17.9. The van der Waals surface area contributed by atoms with Gasteiger partial charge in [-0.2, -0.15) is 0 Å². The monoisotopic (exact) mass is 520 g/mol. The van der Waals surface area contributed by atoms with Crippen molar-refractivity contribution in [2.45, 2.75) is 20.5 Å². The number of carbonyl (C=O) groups excluding carboxylic acids is 3. The van der Waals surface area contributed by atoms with Crippen LogP contribution in [0.4, 0.5) is 10.5 Å². The lowest BCUT2D eigenvalue weighted by atomic mass is 10.1. The Kier molecular flexibility index (Phi) is 8.10. The number of hydrogen-bond acceptors (Lipinski definition) is 6. The summed E-state index contributed by atoms with van der Waals surface area (Å²) in [6.45, 7) is 4.91. The van der Waals surface area contributed by atoms with E-state index in [2.05, 4.69) is 5.32 Å². The summed E-state index contributed by atoms with van der Waals surface area (Å²) < 4.78 is 17.0. The zero-order valence-corrected chi connectivity index (χ0v) is 21.1. The van der Waals surface area contributed by atoms with Gasteiger partial charge in [0.2, 0.25) is 0 Å². The highest BCUT2D eigenvalue weighted by Crippen LogP contribution is 2.30. The number of rotatable bonds is 9. The minimum atomic E-state index is -0.830. The molecule has 1 fully saturated rings. The first kappa shape index (κ1) is 25.8. The van der Waals surface area contributed by atoms with Gasteiger partial charge in [0.15, 0.2) is 11.5 Å². The van der Waals surface area contributed by atoms with E-state index in [0.717, 1.165) is 10.5 Å². The van der Waals surface area contributed by atoms with Gasteiger partial charge in [0.1, 0.15) is 17.9 Å². The molecule has 0 unspecified atom stereocenters. The van der Waals surface area contributed by atoms with Crippen LogP contribution in [0.5, 0.6) is 17.2 Å². The van der Waals surface area contributed by atoms with Crippen LogP contribution >= 0.6 is 11.6 Å². The number of benzene rings is 3. The normalized spacial score (nSPS) is 14.5. The van der Waals surface area contributed by atoms with E-state index in [4.69, 9.17) is 25.8 Å². The zero-order chi connectivity index (χ0) is 26.4. The second-order valence-corrected chi connectivity index (χ2v) is 8.38. The van der Waals surface area contributed by atoms with Crippen LogP contribution in [0.25, 0.3) is 6.08 Å². The molecule has 190 valence electrons. The number of anilines is 1. The van der Waals surface area contributed by atoms with Crippen molar-refractivity contribution in [2.75, 3.05) is 18.1 Å². The molecular weight excluding hydrogens is 496 g/mol. The van der Waals surface area contributed by atoms with Gasteiger partial charge < -0.3 is 14.2 Å². The van der Waals surface area contributed by atoms with Gasteiger partial charge in [0, 0.05) is 5.02 Å². The number of halogens is 1. The van der Waals surface area contributed by atoms with Crippen LogP contribution in [-0.4, -0.2) is 31.1 Å². The Bertz CT molecular complexity index is 1340. The molecule has 3 aromatic carbocycles. The number of barbiturate groups is 1. The predicted molar refractivity (Wildman–Crippen MR) is 140 cm³/mol. The Labute approximate surface area is 219 Å². The minimum absolute atomic E-state index is 0.186. The summed E-state index contributed by atoms with van der Waals surface area (Å²) in [5.41, 5.74) is 1.59. The van der Waals surface area contributed by atoms with Crippen LogP contribution in [0.2, 0.25) is 5.02 Å². The number of nitrogens with zero attached hydrogens (tertiary/aromatic N) is 1. The Morgan fingerprint density at radius 2 is 1.51 bits per heavy atom. The van der Waals surface area contributed by atoms with Gasteiger partial charge in [-0.15, -0.1) is 0 Å². The Morgan fingerprint density at radius 1 is 0.838 bits per heavy atom. The van der Waals surface area contributed by atoms with Crippen molar-refractivity contribution in [3.63, 3.8) is 0 Å². The van der Waals surface area contributed by atoms with Crippen molar-refractivity contribution in [2.24, 2.45) is 0 Å². The Balaban J connectivity index is 1.54. The average molecular weight is 521 g/mol. The molecule has 4 rings (SSSR count). The predicted octanol–water partition coefficient (Wildman–Crippen LogP) is 5.38. The third kappa shape index (κ3) is 6.10. The van der Waals surface area contributed by atoms with Crippen LogP contribution in [-0.2, 0) is 16.2 Å². The Morgan fingerprint density at radius 3 is 2.19 bits per heavy atom. The van der Waals surface area contributed by atoms with Gasteiger partial charge in [-0.25, -0.2) is 9.69 Å². The van der Waals surface area contributed by atoms with Gasteiger partial charge in [0.05, 0.1) is 18.9 Å². The highest BCUT2D eigenvalue weighted by atomic mass is 35.5. The lowest BCUT2D eigenvalue weighted by Gasteiger charge is -2.26. The fourth-order valence-corrected chi connectivity index (χ4v) is 3.78. The first-order valence-corrected chi connectivity index (χ1v) is 12.1. The molecule has 1 saturated heterocycles. The molecule has 8 nitrogen and oxygen atoms in total. The highest BCUT2D eigenvalue weighted by Gasteiger charge is 2.36. The second-order valence-electron chi connectivity index (χ2n) is 7.94. The number of hydrogen-bond donors (Lipinski definition) is 1. The summed E-state index contributed by atoms with van der Waals surface area (Å²) >= 11 is 5.90. The van der Waals surface area contributed by atoms with E-state index < -0.39 is 17.8 Å². The summed E-state index contributed by atoms with van der Waals surface area (Å²) in [6, 6.07) is 18.0. The number of urea groups is 1. The van der Waals surface area contributed by atoms with Crippen LogP contribution in [0.3, 0.4) is 0 Å². The number of carbonyl (C=O) groups is 3. The minimum Gasteiger partial charge on any atom is -0.490 e. The average Bonchev–Trinajstić information content (AvgIpc) is 2.88. The molecular formula is C28H25ClN2O6. The fourth-order valence-electron chi connectivity index (χ4n) is 3.65. The topological polar surface area (TPSA) is 94.2 Å². The standard InChI is InChI=1S/C28H25ClN2O6/c1-3-35-24-14-7-19(16-25(24)36-4-2)15-23-26(32)30-28(34)31(27(23)33)21-10-12-22(13-11-21)37-17-18-5-8-20(29)9-6-18/h5-16H,3-4,17H2,1-2H3,(H,30,32,34)/b23-15+. The van der Waals surface area contributed by atoms with Gasteiger partial charge in [-0.1, -0.05) is 29.8 Å². The van der Waals surface area contributed by atoms with Crippen LogP contribution in [0.1, 0.15) is 25.0 Å². The molecule has 1 aliphatic heterocycles. The molecule has 0 atom stereocenters. The maximum Gasteiger partial charge on any atom is 0.335 e. The van der Waals surface area contributed by atoms with Crippen molar-refractivity contribution in [1.82, 2.24) is 5.32 Å². The van der Waals surface area contributed by atoms with Gasteiger partial charge in [0.25, 0.3) is 11.8 Å². The van der Waals surface area contributed by atoms with E-state index >= 15 is 0 Å². The van der Waals surface area contributed by atoms with E-state index in [1.54, 1.807) is 54.6 Å². The molecule has 0 bridgehead atoms. The van der Waals surface area contributed by atoms with E-state index in [0.29, 0.717) is 53.3 Å². The smallest absolute Gasteiger partial charge is 0.335 e. The Hall–Kier alpha value is -4.30. The van der Waals surface area contributed by atoms with Crippen molar-refractivity contribution in [1.29, 1.82) is 0 Å². The third-order valence-electron chi connectivity index (χ3n) is 5.39. The third-order valence-corrected chi connectivity index (χ3v) is 5.65. The first-order valence-electron chi connectivity index (χ1n) is 11.7. The largest absolute Gasteiger partial charge is 0.490 e. The number of amides is 4. The molecule has 1 N–H and O–H groups in total. The zero-order valence-electron chi connectivity index (χ0n) is 20.3. The molecule has 37 heavy (non-hydrogen) atoms. The van der Waals surface area contributed by atoms with E-state index in [9.17, 15) is 14.4 Å². The van der Waals surface area contributed by atoms with Crippen LogP contribution in [0.15, 0.2) is 72.3 Å². The molecule has 0 saturated carbocycles. The van der Waals surface area contributed by atoms with Crippen molar-refractivity contribution in [3.05, 3.63) is 88.5 Å². The number of nitrogens with one attached hydrogen (secondary N) is 1. The maximum absolute atomic E-state index is 13.2. The second kappa shape index (κ2) is 11.6. The van der Waals surface area contributed by atoms with Crippen LogP contribution in [0, 0.1) is 0 Å². The van der Waals surface area contributed by atoms with E-state index in [1.165, 1.54) is 6.08 Å². The lowest BCUT2D eigenvalue weighted by Crippen LogP contribution is -2.54. The highest BCUT2D eigenvalue weighted by molar-refractivity contribution is 6.39. The fraction of sp³-hybridized carbons (Fsp3) is 0.179. The molecule has 0 aliphatic carbocycles. The number of ether oxygens (including phenoxy) is 3. The SMILES string of the molecule is CCOc1ccc(/C=C2\C(=O)NC(=O)N(c3ccc(OCc4ccc(Cl)cc4)cc3)C2=O)cc1OCC. The summed E-state index contributed by atoms with van der Waals surface area (Å²) in [5, 5.41) is 2.87. The van der Waals surface area contributed by atoms with Crippen LogP contribution < -0.4 is 24.4 Å². The summed E-state index contributed by atoms with van der Waals surface area (Å²) in [4.78, 5) is 39.2. The van der Waals surface area contributed by atoms with Crippen molar-refractivity contribution >= 4 is 41.2 Å². The molecule has 3 aromatic rings. The molecule has 0 spiro atoms. The van der Waals surface area contributed by atoms with E-state index in [-0.39, 0.29) is 5.57 Å². The summed E-state index contributed by atoms with van der Waals surface area (Å²) in [7, 11) is 0. The molecule has 1 heterocycles. The summed E-state index contributed by atoms with van der Waals surface area (Å²) in [6.07, 6.45) is 1.42. The lowest BCUT2D eigenvalue weighted by molar-refractivity contribution is -0.122. The molecule has 1 aliphatic rings. The number of imide groups is 2. The molecule has 0 radical (unpaired) electrons. The quantitative estimate of drug-likeness (QED) is 0.300.